The van der Waals surface area contributed by atoms with Crippen LogP contribution in [0.25, 0.3) is 0 Å². The molecule has 1 aliphatic heterocycles. The largest absolute Gasteiger partial charge is 0.484 e. The molecule has 6 nitrogen and oxygen atoms in total. The maximum Gasteiger partial charge on any atom is 0.257 e. The van der Waals surface area contributed by atoms with Gasteiger partial charge >= 0.3 is 0 Å². The zero-order valence-corrected chi connectivity index (χ0v) is 13.3. The Hall–Kier alpha value is -1.70. The van der Waals surface area contributed by atoms with E-state index in [1.54, 1.807) is 20.3 Å². The van der Waals surface area contributed by atoms with E-state index < -0.39 is 5.82 Å². The van der Waals surface area contributed by atoms with Gasteiger partial charge < -0.3 is 24.3 Å². The molecule has 1 amide bonds. The van der Waals surface area contributed by atoms with Crippen molar-refractivity contribution in [2.75, 3.05) is 40.6 Å². The van der Waals surface area contributed by atoms with E-state index in [1.165, 1.54) is 18.2 Å². The van der Waals surface area contributed by atoms with Crippen molar-refractivity contribution >= 4 is 5.91 Å². The molecule has 0 aromatic heterocycles. The predicted molar refractivity (Wildman–Crippen MR) is 80.8 cm³/mol. The van der Waals surface area contributed by atoms with Crippen molar-refractivity contribution in [3.63, 3.8) is 0 Å². The molecule has 0 bridgehead atoms. The van der Waals surface area contributed by atoms with Gasteiger partial charge in [0.1, 0.15) is 17.7 Å². The van der Waals surface area contributed by atoms with Crippen molar-refractivity contribution in [1.82, 2.24) is 5.32 Å². The molecule has 0 aliphatic carbocycles. The fourth-order valence-corrected chi connectivity index (χ4v) is 2.55. The van der Waals surface area contributed by atoms with Gasteiger partial charge in [-0.1, -0.05) is 6.07 Å². The lowest BCUT2D eigenvalue weighted by Gasteiger charge is -2.36. The Bertz CT molecular complexity index is 513. The van der Waals surface area contributed by atoms with Crippen LogP contribution < -0.4 is 10.1 Å². The van der Waals surface area contributed by atoms with Crippen LogP contribution in [0.15, 0.2) is 24.3 Å². The van der Waals surface area contributed by atoms with Gasteiger partial charge in [0.05, 0.1) is 19.3 Å². The molecule has 0 spiro atoms. The highest BCUT2D eigenvalue weighted by Gasteiger charge is 2.34. The molecule has 1 aromatic carbocycles. The van der Waals surface area contributed by atoms with E-state index in [0.29, 0.717) is 25.5 Å². The van der Waals surface area contributed by atoms with Gasteiger partial charge in [-0.25, -0.2) is 4.39 Å². The summed E-state index contributed by atoms with van der Waals surface area (Å²) in [6.07, 6.45) is -0.294. The second-order valence-corrected chi connectivity index (χ2v) is 5.32. The van der Waals surface area contributed by atoms with Crippen LogP contribution in [0.5, 0.6) is 5.75 Å². The lowest BCUT2D eigenvalue weighted by atomic mass is 9.96. The van der Waals surface area contributed by atoms with Crippen LogP contribution in [0.1, 0.15) is 0 Å². The minimum absolute atomic E-state index is 0.00294. The monoisotopic (exact) mass is 327 g/mol. The van der Waals surface area contributed by atoms with Crippen molar-refractivity contribution in [2.24, 2.45) is 5.92 Å². The zero-order chi connectivity index (χ0) is 16.7. The predicted octanol–water partition coefficient (Wildman–Crippen LogP) is 0.997. The molecule has 0 unspecified atom stereocenters. The molecule has 1 fully saturated rings. The third kappa shape index (κ3) is 5.16. The summed E-state index contributed by atoms with van der Waals surface area (Å²) in [5, 5.41) is 2.77. The van der Waals surface area contributed by atoms with Crippen LogP contribution >= 0.6 is 0 Å². The average Bonchev–Trinajstić information content (AvgIpc) is 2.57. The van der Waals surface area contributed by atoms with Crippen molar-refractivity contribution in [3.05, 3.63) is 30.1 Å². The Morgan fingerprint density at radius 3 is 2.87 bits per heavy atom. The molecule has 0 radical (unpaired) electrons. The Morgan fingerprint density at radius 1 is 1.35 bits per heavy atom. The average molecular weight is 327 g/mol. The zero-order valence-electron chi connectivity index (χ0n) is 13.3. The number of rotatable bonds is 7. The number of carbonyl (C=O) groups excluding carboxylic acids is 1. The number of amides is 1. The van der Waals surface area contributed by atoms with Gasteiger partial charge in [0, 0.05) is 32.7 Å². The Morgan fingerprint density at radius 2 is 2.17 bits per heavy atom. The summed E-state index contributed by atoms with van der Waals surface area (Å²) in [6, 6.07) is 5.66. The third-order valence-electron chi connectivity index (χ3n) is 3.75. The van der Waals surface area contributed by atoms with Gasteiger partial charge in [-0.3, -0.25) is 4.79 Å². The lowest BCUT2D eigenvalue weighted by molar-refractivity contribution is -0.147. The molecule has 3 atom stereocenters. The Kier molecular flexibility index (Phi) is 6.76. The van der Waals surface area contributed by atoms with Crippen molar-refractivity contribution in [2.45, 2.75) is 12.2 Å². The summed E-state index contributed by atoms with van der Waals surface area (Å²) >= 11 is 0. The molecule has 0 saturated carbocycles. The van der Waals surface area contributed by atoms with Gasteiger partial charge in [-0.2, -0.15) is 0 Å². The molecule has 128 valence electrons. The van der Waals surface area contributed by atoms with E-state index in [9.17, 15) is 9.18 Å². The number of hydrogen-bond donors (Lipinski definition) is 1. The van der Waals surface area contributed by atoms with Crippen LogP contribution in [0.4, 0.5) is 4.39 Å². The molecule has 1 heterocycles. The second-order valence-electron chi connectivity index (χ2n) is 5.32. The van der Waals surface area contributed by atoms with E-state index in [4.69, 9.17) is 18.9 Å². The van der Waals surface area contributed by atoms with Crippen LogP contribution in [0.3, 0.4) is 0 Å². The summed E-state index contributed by atoms with van der Waals surface area (Å²) in [6.45, 7) is 1.18. The SMILES string of the molecule is CO[C@H]1[C@H](CNC(=O)COc2cccc(F)c2)COC[C@H]1OC. The van der Waals surface area contributed by atoms with Gasteiger partial charge in [0.15, 0.2) is 6.61 Å². The summed E-state index contributed by atoms with van der Waals surface area (Å²) in [4.78, 5) is 11.8. The molecule has 1 saturated heterocycles. The van der Waals surface area contributed by atoms with Crippen LogP contribution in [0.2, 0.25) is 0 Å². The minimum atomic E-state index is -0.407. The summed E-state index contributed by atoms with van der Waals surface area (Å²) in [5.74, 6) is -0.383. The highest BCUT2D eigenvalue weighted by molar-refractivity contribution is 5.77. The summed E-state index contributed by atoms with van der Waals surface area (Å²) < 4.78 is 34.5. The highest BCUT2D eigenvalue weighted by atomic mass is 19.1. The summed E-state index contributed by atoms with van der Waals surface area (Å²) in [7, 11) is 3.22. The number of halogens is 1. The molecule has 23 heavy (non-hydrogen) atoms. The first-order chi connectivity index (χ1) is 11.1. The normalized spacial score (nSPS) is 24.2. The van der Waals surface area contributed by atoms with E-state index in [2.05, 4.69) is 5.32 Å². The van der Waals surface area contributed by atoms with Crippen LogP contribution in [0, 0.1) is 11.7 Å². The van der Waals surface area contributed by atoms with Gasteiger partial charge in [-0.15, -0.1) is 0 Å². The molecule has 1 N–H and O–H groups in total. The topological polar surface area (TPSA) is 66.0 Å². The Labute approximate surface area is 134 Å². The van der Waals surface area contributed by atoms with Crippen molar-refractivity contribution < 1.29 is 28.1 Å². The van der Waals surface area contributed by atoms with Gasteiger partial charge in [0.2, 0.25) is 0 Å². The molecule has 1 aliphatic rings. The smallest absolute Gasteiger partial charge is 0.257 e. The highest BCUT2D eigenvalue weighted by Crippen LogP contribution is 2.19. The second kappa shape index (κ2) is 8.81. The first-order valence-corrected chi connectivity index (χ1v) is 7.42. The van der Waals surface area contributed by atoms with E-state index in [0.717, 1.165) is 0 Å². The number of benzene rings is 1. The number of methoxy groups -OCH3 is 2. The van der Waals surface area contributed by atoms with Gasteiger partial charge in [-0.05, 0) is 12.1 Å². The fourth-order valence-electron chi connectivity index (χ4n) is 2.55. The lowest BCUT2D eigenvalue weighted by Crippen LogP contribution is -2.50. The third-order valence-corrected chi connectivity index (χ3v) is 3.75. The van der Waals surface area contributed by atoms with Gasteiger partial charge in [0.25, 0.3) is 5.91 Å². The maximum atomic E-state index is 13.0. The number of hydrogen-bond acceptors (Lipinski definition) is 5. The maximum absolute atomic E-state index is 13.0. The molecule has 7 heteroatoms. The van der Waals surface area contributed by atoms with Crippen molar-refractivity contribution in [1.29, 1.82) is 0 Å². The molecule has 1 aromatic rings. The molecular formula is C16H22FNO5. The minimum Gasteiger partial charge on any atom is -0.484 e. The molecule has 2 rings (SSSR count). The fraction of sp³-hybridized carbons (Fsp3) is 0.562. The quantitative estimate of drug-likeness (QED) is 0.809. The first kappa shape index (κ1) is 17.7. The van der Waals surface area contributed by atoms with E-state index >= 15 is 0 Å². The van der Waals surface area contributed by atoms with E-state index in [1.807, 2.05) is 0 Å². The summed E-state index contributed by atoms with van der Waals surface area (Å²) in [5.41, 5.74) is 0. The Balaban J connectivity index is 1.77. The van der Waals surface area contributed by atoms with Crippen molar-refractivity contribution in [3.8, 4) is 5.75 Å². The number of nitrogens with one attached hydrogen (secondary N) is 1. The van der Waals surface area contributed by atoms with Crippen LogP contribution in [-0.4, -0.2) is 58.7 Å². The van der Waals surface area contributed by atoms with Crippen LogP contribution in [-0.2, 0) is 19.0 Å². The van der Waals surface area contributed by atoms with E-state index in [-0.39, 0.29) is 30.6 Å². The standard InChI is InChI=1S/C16H22FNO5/c1-20-14-9-22-8-11(16(14)21-2)7-18-15(19)10-23-13-5-3-4-12(17)6-13/h3-6,11,14,16H,7-10H2,1-2H3,(H,18,19)/t11-,14-,16+/m1/s1. The number of ether oxygens (including phenoxy) is 4. The first-order valence-electron chi connectivity index (χ1n) is 7.42. The number of carbonyl (C=O) groups is 1. The molecular weight excluding hydrogens is 305 g/mol.